The lowest BCUT2D eigenvalue weighted by atomic mass is 10.7. The number of aromatic nitrogens is 2. The molecule has 1 aromatic heterocycles. The lowest BCUT2D eigenvalue weighted by Crippen LogP contribution is -1.86. The Balaban J connectivity index is 3.12. The summed E-state index contributed by atoms with van der Waals surface area (Å²) in [5.74, 6) is 0. The van der Waals surface area contributed by atoms with E-state index in [1.54, 1.807) is 24.0 Å². The second-order valence-electron chi connectivity index (χ2n) is 1.28. The van der Waals surface area contributed by atoms with Crippen molar-refractivity contribution < 1.29 is 0 Å². The second kappa shape index (κ2) is 1.54. The molecule has 0 atom stereocenters. The Hall–Kier alpha value is -0.500. The number of hydrogen-bond acceptors (Lipinski definition) is 1. The minimum absolute atomic E-state index is 0.667. The van der Waals surface area contributed by atoms with E-state index in [0.29, 0.717) is 5.15 Å². The monoisotopic (exact) mass is 116 g/mol. The molecule has 1 aromatic rings. The molecule has 38 valence electrons. The molecule has 0 bridgehead atoms. The standard InChI is InChI=1S/C4H5ClN2/c1-7-4(5)2-3-6-7/h2-3H,1H3. The normalized spacial score (nSPS) is 9.43. The largest absolute Gasteiger partial charge is 0.257 e. The molecule has 7 heavy (non-hydrogen) atoms. The highest BCUT2D eigenvalue weighted by Gasteiger charge is 1.86. The van der Waals surface area contributed by atoms with Crippen molar-refractivity contribution in [1.29, 1.82) is 0 Å². The Bertz CT molecular complexity index is 142. The summed E-state index contributed by atoms with van der Waals surface area (Å²) in [7, 11) is 1.79. The lowest BCUT2D eigenvalue weighted by Gasteiger charge is -1.84. The van der Waals surface area contributed by atoms with Gasteiger partial charge in [-0.2, -0.15) is 5.10 Å². The van der Waals surface area contributed by atoms with E-state index in [2.05, 4.69) is 5.10 Å². The van der Waals surface area contributed by atoms with Crippen molar-refractivity contribution in [3.05, 3.63) is 17.4 Å². The van der Waals surface area contributed by atoms with Crippen LogP contribution in [0.5, 0.6) is 0 Å². The van der Waals surface area contributed by atoms with Gasteiger partial charge in [0.1, 0.15) is 5.15 Å². The van der Waals surface area contributed by atoms with E-state index >= 15 is 0 Å². The first-order chi connectivity index (χ1) is 3.30. The highest BCUT2D eigenvalue weighted by atomic mass is 35.5. The van der Waals surface area contributed by atoms with E-state index < -0.39 is 0 Å². The van der Waals surface area contributed by atoms with E-state index in [4.69, 9.17) is 11.6 Å². The summed E-state index contributed by atoms with van der Waals surface area (Å²) in [5.41, 5.74) is 0. The SMILES string of the molecule is Cn1nccc1Cl. The minimum atomic E-state index is 0.667. The predicted molar refractivity (Wildman–Crippen MR) is 28.2 cm³/mol. The van der Waals surface area contributed by atoms with Crippen molar-refractivity contribution in [3.63, 3.8) is 0 Å². The summed E-state index contributed by atoms with van der Waals surface area (Å²) in [6.07, 6.45) is 1.66. The maximum Gasteiger partial charge on any atom is 0.126 e. The van der Waals surface area contributed by atoms with Crippen molar-refractivity contribution in [2.75, 3.05) is 0 Å². The molecule has 0 amide bonds. The molecule has 0 aliphatic carbocycles. The first-order valence-corrected chi connectivity index (χ1v) is 2.32. The van der Waals surface area contributed by atoms with Crippen LogP contribution >= 0.6 is 11.6 Å². The molecule has 0 aliphatic heterocycles. The zero-order valence-corrected chi connectivity index (χ0v) is 4.68. The molecule has 1 heterocycles. The first kappa shape index (κ1) is 4.65. The fraction of sp³-hybridized carbons (Fsp3) is 0.250. The number of hydrogen-bond donors (Lipinski definition) is 0. The summed E-state index contributed by atoms with van der Waals surface area (Å²) >= 11 is 5.52. The summed E-state index contributed by atoms with van der Waals surface area (Å²) in [4.78, 5) is 0. The molecule has 0 unspecified atom stereocenters. The molecule has 0 aromatic carbocycles. The molecule has 0 radical (unpaired) electrons. The molecule has 0 fully saturated rings. The molecule has 0 aliphatic rings. The van der Waals surface area contributed by atoms with E-state index in [1.807, 2.05) is 0 Å². The Kier molecular flexibility index (Phi) is 1.02. The van der Waals surface area contributed by atoms with Crippen LogP contribution in [0, 0.1) is 0 Å². The number of aryl methyl sites for hydroxylation is 1. The molecular weight excluding hydrogens is 112 g/mol. The van der Waals surface area contributed by atoms with Gasteiger partial charge in [0.2, 0.25) is 0 Å². The average Bonchev–Trinajstić information content (AvgIpc) is 1.91. The summed E-state index contributed by atoms with van der Waals surface area (Å²) in [5, 5.41) is 4.47. The second-order valence-corrected chi connectivity index (χ2v) is 1.66. The van der Waals surface area contributed by atoms with Gasteiger partial charge in [-0.25, -0.2) is 0 Å². The average molecular weight is 117 g/mol. The number of halogens is 1. The third-order valence-electron chi connectivity index (χ3n) is 0.761. The molecule has 1 rings (SSSR count). The van der Waals surface area contributed by atoms with E-state index in [-0.39, 0.29) is 0 Å². The summed E-state index contributed by atoms with van der Waals surface area (Å²) in [6, 6.07) is 1.74. The van der Waals surface area contributed by atoms with Gasteiger partial charge in [0.15, 0.2) is 0 Å². The minimum Gasteiger partial charge on any atom is -0.257 e. The Morgan fingerprint density at radius 2 is 2.57 bits per heavy atom. The van der Waals surface area contributed by atoms with Gasteiger partial charge in [0.05, 0.1) is 6.20 Å². The molecule has 3 heteroatoms. The van der Waals surface area contributed by atoms with Crippen LogP contribution in [0.2, 0.25) is 5.15 Å². The highest BCUT2D eigenvalue weighted by molar-refractivity contribution is 6.29. The van der Waals surface area contributed by atoms with E-state index in [0.717, 1.165) is 0 Å². The van der Waals surface area contributed by atoms with E-state index in [1.165, 1.54) is 0 Å². The predicted octanol–water partition coefficient (Wildman–Crippen LogP) is 1.07. The van der Waals surface area contributed by atoms with Gasteiger partial charge in [-0.1, -0.05) is 11.6 Å². The fourth-order valence-electron chi connectivity index (χ4n) is 0.358. The zero-order valence-electron chi connectivity index (χ0n) is 3.93. The third-order valence-corrected chi connectivity index (χ3v) is 1.13. The maximum atomic E-state index is 5.52. The fourth-order valence-corrected chi connectivity index (χ4v) is 0.458. The molecule has 0 spiro atoms. The van der Waals surface area contributed by atoms with Crippen LogP contribution in [0.4, 0.5) is 0 Å². The molecule has 0 N–H and O–H groups in total. The van der Waals surface area contributed by atoms with Gasteiger partial charge < -0.3 is 0 Å². The number of rotatable bonds is 0. The molecular formula is C4H5ClN2. The molecule has 0 saturated carbocycles. The van der Waals surface area contributed by atoms with Crippen LogP contribution in [0.3, 0.4) is 0 Å². The smallest absolute Gasteiger partial charge is 0.126 e. The molecule has 2 nitrogen and oxygen atoms in total. The van der Waals surface area contributed by atoms with Gasteiger partial charge in [-0.05, 0) is 6.07 Å². The van der Waals surface area contributed by atoms with Crippen LogP contribution < -0.4 is 0 Å². The summed E-state index contributed by atoms with van der Waals surface area (Å²) < 4.78 is 1.60. The van der Waals surface area contributed by atoms with Crippen molar-refractivity contribution >= 4 is 11.6 Å². The van der Waals surface area contributed by atoms with Crippen LogP contribution in [0.15, 0.2) is 12.3 Å². The van der Waals surface area contributed by atoms with E-state index in [9.17, 15) is 0 Å². The molecule has 0 saturated heterocycles. The van der Waals surface area contributed by atoms with Crippen LogP contribution in [-0.2, 0) is 7.05 Å². The van der Waals surface area contributed by atoms with Crippen molar-refractivity contribution in [2.45, 2.75) is 0 Å². The van der Waals surface area contributed by atoms with Crippen molar-refractivity contribution in [2.24, 2.45) is 7.05 Å². The Labute approximate surface area is 46.7 Å². The zero-order chi connectivity index (χ0) is 5.28. The topological polar surface area (TPSA) is 17.8 Å². The van der Waals surface area contributed by atoms with Crippen LogP contribution in [-0.4, -0.2) is 9.78 Å². The Morgan fingerprint density at radius 3 is 2.71 bits per heavy atom. The van der Waals surface area contributed by atoms with Gasteiger partial charge in [-0.15, -0.1) is 0 Å². The lowest BCUT2D eigenvalue weighted by molar-refractivity contribution is 0.768. The Morgan fingerprint density at radius 1 is 1.86 bits per heavy atom. The quantitative estimate of drug-likeness (QED) is 0.496. The van der Waals surface area contributed by atoms with Crippen LogP contribution in [0.1, 0.15) is 0 Å². The van der Waals surface area contributed by atoms with Gasteiger partial charge in [0, 0.05) is 7.05 Å². The van der Waals surface area contributed by atoms with Gasteiger partial charge >= 0.3 is 0 Å². The maximum absolute atomic E-state index is 5.52. The van der Waals surface area contributed by atoms with Crippen LogP contribution in [0.25, 0.3) is 0 Å². The number of nitrogens with zero attached hydrogens (tertiary/aromatic N) is 2. The third kappa shape index (κ3) is 0.747. The van der Waals surface area contributed by atoms with Gasteiger partial charge in [-0.3, -0.25) is 4.68 Å². The highest BCUT2D eigenvalue weighted by Crippen LogP contribution is 2.01. The van der Waals surface area contributed by atoms with Crippen molar-refractivity contribution in [3.8, 4) is 0 Å². The first-order valence-electron chi connectivity index (χ1n) is 1.94. The summed E-state index contributed by atoms with van der Waals surface area (Å²) in [6.45, 7) is 0. The van der Waals surface area contributed by atoms with Crippen molar-refractivity contribution in [1.82, 2.24) is 9.78 Å². The van der Waals surface area contributed by atoms with Gasteiger partial charge in [0.25, 0.3) is 0 Å².